The summed E-state index contributed by atoms with van der Waals surface area (Å²) in [4.78, 5) is 24.6. The van der Waals surface area contributed by atoms with Crippen molar-refractivity contribution in [3.63, 3.8) is 0 Å². The molecular weight excluding hydrogens is 463 g/mol. The minimum Gasteiger partial charge on any atom is -0.479 e. The number of carbonyl (C=O) groups is 1. The summed E-state index contributed by atoms with van der Waals surface area (Å²) < 4.78 is 79.7. The molecule has 0 radical (unpaired) electrons. The lowest BCUT2D eigenvalue weighted by Crippen LogP contribution is -2.32. The van der Waals surface area contributed by atoms with Crippen LogP contribution in [0.25, 0.3) is 11.3 Å². The number of pyridine rings is 1. The van der Waals surface area contributed by atoms with Crippen LogP contribution in [0.5, 0.6) is 5.88 Å². The smallest absolute Gasteiger partial charge is 0.271 e. The SMILES string of the molecule is COc1ncc(C(=O)Nc2c(-c3cc(F)ccc3F)ncnc2C2CCC(F)(F)CO2)cc1F. The van der Waals surface area contributed by atoms with Crippen LogP contribution >= 0.6 is 0 Å². The minimum absolute atomic E-state index is 0.0144. The zero-order valence-corrected chi connectivity index (χ0v) is 17.6. The molecule has 7 nitrogen and oxygen atoms in total. The fourth-order valence-corrected chi connectivity index (χ4v) is 3.47. The summed E-state index contributed by atoms with van der Waals surface area (Å²) in [5, 5.41) is 2.46. The zero-order chi connectivity index (χ0) is 24.5. The van der Waals surface area contributed by atoms with Crippen molar-refractivity contribution in [2.45, 2.75) is 24.9 Å². The summed E-state index contributed by atoms with van der Waals surface area (Å²) in [7, 11) is 1.20. The van der Waals surface area contributed by atoms with Crippen molar-refractivity contribution < 1.29 is 36.2 Å². The first-order valence-electron chi connectivity index (χ1n) is 9.99. The summed E-state index contributed by atoms with van der Waals surface area (Å²) in [6.07, 6.45) is 0.415. The van der Waals surface area contributed by atoms with Gasteiger partial charge in [-0.3, -0.25) is 4.79 Å². The quantitative estimate of drug-likeness (QED) is 0.533. The van der Waals surface area contributed by atoms with E-state index >= 15 is 0 Å². The fourth-order valence-electron chi connectivity index (χ4n) is 3.47. The first-order valence-corrected chi connectivity index (χ1v) is 9.99. The molecule has 1 atom stereocenters. The van der Waals surface area contributed by atoms with Gasteiger partial charge < -0.3 is 14.8 Å². The number of carbonyl (C=O) groups excluding carboxylic acids is 1. The van der Waals surface area contributed by atoms with Crippen molar-refractivity contribution in [1.82, 2.24) is 15.0 Å². The number of hydrogen-bond acceptors (Lipinski definition) is 6. The van der Waals surface area contributed by atoms with Gasteiger partial charge in [-0.05, 0) is 30.7 Å². The minimum atomic E-state index is -3.03. The molecule has 3 aromatic rings. The molecule has 1 fully saturated rings. The molecule has 12 heteroatoms. The molecule has 0 saturated carbocycles. The van der Waals surface area contributed by atoms with Gasteiger partial charge in [0, 0.05) is 18.2 Å². The molecular formula is C22H17F5N4O3. The third kappa shape index (κ3) is 4.81. The molecule has 0 spiro atoms. The van der Waals surface area contributed by atoms with Crippen molar-refractivity contribution in [1.29, 1.82) is 0 Å². The second-order valence-electron chi connectivity index (χ2n) is 7.47. The van der Waals surface area contributed by atoms with Crippen LogP contribution < -0.4 is 10.1 Å². The van der Waals surface area contributed by atoms with E-state index in [0.717, 1.165) is 36.8 Å². The van der Waals surface area contributed by atoms with Gasteiger partial charge in [-0.1, -0.05) is 0 Å². The molecule has 1 saturated heterocycles. The van der Waals surface area contributed by atoms with Crippen LogP contribution in [-0.2, 0) is 4.74 Å². The molecule has 1 aliphatic heterocycles. The molecule has 0 aliphatic carbocycles. The van der Waals surface area contributed by atoms with Gasteiger partial charge in [-0.2, -0.15) is 0 Å². The van der Waals surface area contributed by atoms with Gasteiger partial charge in [0.25, 0.3) is 11.8 Å². The van der Waals surface area contributed by atoms with Crippen molar-refractivity contribution in [3.05, 3.63) is 65.5 Å². The van der Waals surface area contributed by atoms with Gasteiger partial charge in [0.15, 0.2) is 5.82 Å². The molecule has 1 aliphatic rings. The number of ether oxygens (including phenoxy) is 2. The van der Waals surface area contributed by atoms with Crippen LogP contribution in [-0.4, -0.2) is 40.5 Å². The van der Waals surface area contributed by atoms with E-state index in [1.807, 2.05) is 0 Å². The Morgan fingerprint density at radius 3 is 2.62 bits per heavy atom. The predicted molar refractivity (Wildman–Crippen MR) is 109 cm³/mol. The van der Waals surface area contributed by atoms with Gasteiger partial charge in [-0.15, -0.1) is 0 Å². The number of anilines is 1. The maximum Gasteiger partial charge on any atom is 0.271 e. The van der Waals surface area contributed by atoms with Crippen molar-refractivity contribution in [2.75, 3.05) is 19.0 Å². The highest BCUT2D eigenvalue weighted by Crippen LogP contribution is 2.40. The Kier molecular flexibility index (Phi) is 6.42. The van der Waals surface area contributed by atoms with Crippen molar-refractivity contribution in [3.8, 4) is 17.1 Å². The van der Waals surface area contributed by atoms with Crippen molar-refractivity contribution >= 4 is 11.6 Å². The lowest BCUT2D eigenvalue weighted by molar-refractivity contribution is -0.146. The van der Waals surface area contributed by atoms with Crippen LogP contribution in [0.1, 0.15) is 35.0 Å². The third-order valence-corrected chi connectivity index (χ3v) is 5.13. The van der Waals surface area contributed by atoms with Crippen LogP contribution in [0.15, 0.2) is 36.8 Å². The summed E-state index contributed by atoms with van der Waals surface area (Å²) in [5.74, 6) is -6.78. The van der Waals surface area contributed by atoms with E-state index in [1.54, 1.807) is 0 Å². The average Bonchev–Trinajstić information content (AvgIpc) is 2.81. The monoisotopic (exact) mass is 480 g/mol. The summed E-state index contributed by atoms with van der Waals surface area (Å²) in [5.41, 5.74) is -0.949. The number of nitrogens with zero attached hydrogens (tertiary/aromatic N) is 3. The lowest BCUT2D eigenvalue weighted by atomic mass is 10.00. The maximum atomic E-state index is 14.6. The summed E-state index contributed by atoms with van der Waals surface area (Å²) >= 11 is 0. The second kappa shape index (κ2) is 9.29. The molecule has 0 bridgehead atoms. The van der Waals surface area contributed by atoms with Gasteiger partial charge in [-0.25, -0.2) is 36.9 Å². The number of nitrogens with one attached hydrogen (secondary N) is 1. The van der Waals surface area contributed by atoms with Gasteiger partial charge in [0.05, 0.1) is 24.1 Å². The average molecular weight is 480 g/mol. The first-order chi connectivity index (χ1) is 16.2. The summed E-state index contributed by atoms with van der Waals surface area (Å²) in [6, 6.07) is 3.50. The number of benzene rings is 1. The number of amides is 1. The van der Waals surface area contributed by atoms with Gasteiger partial charge in [0.2, 0.25) is 5.88 Å². The number of alkyl halides is 2. The van der Waals surface area contributed by atoms with Crippen LogP contribution in [0.4, 0.5) is 27.6 Å². The molecule has 1 unspecified atom stereocenters. The number of halogens is 5. The molecule has 4 rings (SSSR count). The Labute approximate surface area is 190 Å². The Morgan fingerprint density at radius 2 is 1.94 bits per heavy atom. The van der Waals surface area contributed by atoms with E-state index < -0.39 is 48.4 Å². The highest BCUT2D eigenvalue weighted by atomic mass is 19.3. The predicted octanol–water partition coefficient (Wildman–Crippen LogP) is 4.70. The molecule has 34 heavy (non-hydrogen) atoms. The topological polar surface area (TPSA) is 86.2 Å². The standard InChI is InChI=1S/C22H17F5N4O3/c1-33-21-15(25)6-11(8-28-21)20(32)31-19-17(13-7-12(23)2-3-14(13)24)29-10-30-18(19)16-4-5-22(26,27)9-34-16/h2-3,6-8,10,16H,4-5,9H2,1H3,(H,31,32). The summed E-state index contributed by atoms with van der Waals surface area (Å²) in [6.45, 7) is -0.883. The molecule has 1 amide bonds. The molecule has 178 valence electrons. The van der Waals surface area contributed by atoms with Crippen LogP contribution in [0.2, 0.25) is 0 Å². The largest absolute Gasteiger partial charge is 0.479 e. The molecule has 1 N–H and O–H groups in total. The van der Waals surface area contributed by atoms with E-state index in [9.17, 15) is 26.7 Å². The number of aromatic nitrogens is 3. The van der Waals surface area contributed by atoms with Gasteiger partial charge >= 0.3 is 0 Å². The Balaban J connectivity index is 1.78. The van der Waals surface area contributed by atoms with E-state index in [-0.39, 0.29) is 40.5 Å². The molecule has 1 aromatic carbocycles. The Bertz CT molecular complexity index is 1230. The van der Waals surface area contributed by atoms with Crippen LogP contribution in [0, 0.1) is 17.5 Å². The highest BCUT2D eigenvalue weighted by molar-refractivity contribution is 6.06. The third-order valence-electron chi connectivity index (χ3n) is 5.13. The normalized spacial score (nSPS) is 17.3. The Morgan fingerprint density at radius 1 is 1.15 bits per heavy atom. The zero-order valence-electron chi connectivity index (χ0n) is 17.6. The molecule has 2 aromatic heterocycles. The van der Waals surface area contributed by atoms with Gasteiger partial charge in [0.1, 0.15) is 36.4 Å². The number of rotatable bonds is 5. The molecule has 3 heterocycles. The lowest BCUT2D eigenvalue weighted by Gasteiger charge is -2.29. The van der Waals surface area contributed by atoms with E-state index in [1.165, 1.54) is 7.11 Å². The van der Waals surface area contributed by atoms with Crippen LogP contribution in [0.3, 0.4) is 0 Å². The number of methoxy groups -OCH3 is 1. The van der Waals surface area contributed by atoms with E-state index in [4.69, 9.17) is 9.47 Å². The van der Waals surface area contributed by atoms with E-state index in [0.29, 0.717) is 0 Å². The van der Waals surface area contributed by atoms with E-state index in [2.05, 4.69) is 20.3 Å². The Hall–Kier alpha value is -3.67. The second-order valence-corrected chi connectivity index (χ2v) is 7.47. The highest BCUT2D eigenvalue weighted by Gasteiger charge is 2.38. The van der Waals surface area contributed by atoms with Crippen molar-refractivity contribution in [2.24, 2.45) is 0 Å². The first kappa shape index (κ1) is 23.5. The number of hydrogen-bond donors (Lipinski definition) is 1. The fraction of sp³-hybridized carbons (Fsp3) is 0.273. The maximum absolute atomic E-state index is 14.6.